The van der Waals surface area contributed by atoms with Gasteiger partial charge in [-0.15, -0.1) is 0 Å². The third-order valence-electron chi connectivity index (χ3n) is 4.53. The highest BCUT2D eigenvalue weighted by molar-refractivity contribution is 6.44. The molecular weight excluding hydrogens is 338 g/mol. The molecule has 0 radical (unpaired) electrons. The molecule has 0 unspecified atom stereocenters. The largest absolute Gasteiger partial charge is 0.506 e. The molecule has 0 saturated carbocycles. The highest BCUT2D eigenvalue weighted by atomic mass is 16.3. The maximum absolute atomic E-state index is 12.7. The number of rotatable bonds is 4. The average Bonchev–Trinajstić information content (AvgIpc) is 3.17. The Balaban J connectivity index is 1.63. The summed E-state index contributed by atoms with van der Waals surface area (Å²) in [6.45, 7) is 0. The quantitative estimate of drug-likeness (QED) is 0.683. The topological polar surface area (TPSA) is 64.9 Å². The monoisotopic (exact) mass is 357 g/mol. The number of nitrogens with one attached hydrogen (secondary N) is 1. The summed E-state index contributed by atoms with van der Waals surface area (Å²) in [6.07, 6.45) is 0.484. The average molecular weight is 357 g/mol. The molecule has 134 valence electrons. The highest BCUT2D eigenvalue weighted by Gasteiger charge is 2.32. The number of hydrogen-bond donors (Lipinski definition) is 2. The zero-order chi connectivity index (χ0) is 18.6. The Hall–Kier alpha value is -3.60. The number of phenols is 1. The van der Waals surface area contributed by atoms with Crippen molar-refractivity contribution in [3.05, 3.63) is 90.5 Å². The van der Waals surface area contributed by atoms with E-state index in [1.165, 1.54) is 6.07 Å². The number of amides is 1. The molecule has 27 heavy (non-hydrogen) atoms. The first-order chi connectivity index (χ1) is 13.2. The van der Waals surface area contributed by atoms with Gasteiger partial charge in [-0.3, -0.25) is 9.80 Å². The number of hydrogen-bond acceptors (Lipinski definition) is 4. The zero-order valence-electron chi connectivity index (χ0n) is 14.6. The first-order valence-corrected chi connectivity index (χ1v) is 8.78. The van der Waals surface area contributed by atoms with Crippen molar-refractivity contribution in [1.82, 2.24) is 0 Å². The molecule has 3 aromatic carbocycles. The van der Waals surface area contributed by atoms with Crippen molar-refractivity contribution in [1.29, 1.82) is 0 Å². The summed E-state index contributed by atoms with van der Waals surface area (Å²) in [5.74, 6) is -0.278. The van der Waals surface area contributed by atoms with Gasteiger partial charge in [0.05, 0.1) is 17.4 Å². The molecule has 1 aliphatic heterocycles. The van der Waals surface area contributed by atoms with Crippen LogP contribution >= 0.6 is 0 Å². The first-order valence-electron chi connectivity index (χ1n) is 8.78. The molecule has 0 spiro atoms. The van der Waals surface area contributed by atoms with Crippen LogP contribution in [0.5, 0.6) is 5.75 Å². The number of nitrogens with zero attached hydrogens (tertiary/aromatic N) is 2. The summed E-state index contributed by atoms with van der Waals surface area (Å²) < 4.78 is 0. The van der Waals surface area contributed by atoms with Crippen LogP contribution in [0, 0.1) is 0 Å². The van der Waals surface area contributed by atoms with Gasteiger partial charge in [-0.1, -0.05) is 60.7 Å². The summed E-state index contributed by atoms with van der Waals surface area (Å²) in [6, 6.07) is 26.4. The van der Waals surface area contributed by atoms with Gasteiger partial charge in [0.2, 0.25) is 0 Å². The van der Waals surface area contributed by atoms with Gasteiger partial charge in [-0.2, -0.15) is 5.10 Å². The van der Waals surface area contributed by atoms with E-state index in [1.54, 1.807) is 18.2 Å². The standard InChI is InChI=1S/C22H19N3O2/c26-21-14-8-7-13-18(21)23-22(27)19-15-20(16-9-3-1-4-10-16)25(24-19)17-11-5-2-6-12-17/h1-14,20,26H,15H2,(H,23,27)/t20-/m1/s1. The minimum Gasteiger partial charge on any atom is -0.506 e. The molecule has 1 atom stereocenters. The zero-order valence-corrected chi connectivity index (χ0v) is 14.6. The fourth-order valence-electron chi connectivity index (χ4n) is 3.17. The van der Waals surface area contributed by atoms with Crippen molar-refractivity contribution < 1.29 is 9.90 Å². The van der Waals surface area contributed by atoms with Gasteiger partial charge in [0.15, 0.2) is 0 Å². The Morgan fingerprint density at radius 1 is 0.926 bits per heavy atom. The van der Waals surface area contributed by atoms with Crippen LogP contribution in [0.25, 0.3) is 0 Å². The van der Waals surface area contributed by atoms with E-state index in [1.807, 2.05) is 65.7 Å². The van der Waals surface area contributed by atoms with Crippen LogP contribution < -0.4 is 10.3 Å². The maximum atomic E-state index is 12.7. The molecule has 5 nitrogen and oxygen atoms in total. The van der Waals surface area contributed by atoms with Gasteiger partial charge in [0, 0.05) is 6.42 Å². The lowest BCUT2D eigenvalue weighted by Gasteiger charge is -2.23. The number of carbonyl (C=O) groups excluding carboxylic acids is 1. The minimum atomic E-state index is -0.309. The second kappa shape index (κ2) is 7.33. The molecular formula is C22H19N3O2. The lowest BCUT2D eigenvalue weighted by molar-refractivity contribution is -0.110. The van der Waals surface area contributed by atoms with Crippen LogP contribution in [0.15, 0.2) is 90.0 Å². The fourth-order valence-corrected chi connectivity index (χ4v) is 3.17. The van der Waals surface area contributed by atoms with Crippen LogP contribution in [0.3, 0.4) is 0 Å². The number of benzene rings is 3. The van der Waals surface area contributed by atoms with Gasteiger partial charge in [-0.25, -0.2) is 0 Å². The predicted octanol–water partition coefficient (Wildman–Crippen LogP) is 4.34. The summed E-state index contributed by atoms with van der Waals surface area (Å²) in [5, 5.41) is 19.1. The molecule has 2 N–H and O–H groups in total. The summed E-state index contributed by atoms with van der Waals surface area (Å²) in [4.78, 5) is 12.7. The predicted molar refractivity (Wildman–Crippen MR) is 107 cm³/mol. The third kappa shape index (κ3) is 3.53. The van der Waals surface area contributed by atoms with Gasteiger partial charge in [-0.05, 0) is 29.8 Å². The second-order valence-electron chi connectivity index (χ2n) is 6.33. The Labute approximate surface area is 157 Å². The highest BCUT2D eigenvalue weighted by Crippen LogP contribution is 2.35. The smallest absolute Gasteiger partial charge is 0.272 e. The van der Waals surface area contributed by atoms with Gasteiger partial charge in [0.25, 0.3) is 5.91 Å². The van der Waals surface area contributed by atoms with E-state index in [4.69, 9.17) is 0 Å². The molecule has 0 bridgehead atoms. The van der Waals surface area contributed by atoms with Gasteiger partial charge >= 0.3 is 0 Å². The van der Waals surface area contributed by atoms with Crippen molar-refractivity contribution in [3.63, 3.8) is 0 Å². The van der Waals surface area contributed by atoms with Crippen molar-refractivity contribution >= 4 is 23.0 Å². The molecule has 0 fully saturated rings. The molecule has 5 heteroatoms. The van der Waals surface area contributed by atoms with Crippen molar-refractivity contribution in [2.75, 3.05) is 10.3 Å². The Kier molecular flexibility index (Phi) is 4.58. The fraction of sp³-hybridized carbons (Fsp3) is 0.0909. The van der Waals surface area contributed by atoms with E-state index in [2.05, 4.69) is 10.4 Å². The minimum absolute atomic E-state index is 0.0315. The number of hydrazone groups is 1. The van der Waals surface area contributed by atoms with E-state index in [-0.39, 0.29) is 17.7 Å². The van der Waals surface area contributed by atoms with Gasteiger partial charge < -0.3 is 10.4 Å². The maximum Gasteiger partial charge on any atom is 0.272 e. The Morgan fingerprint density at radius 3 is 2.26 bits per heavy atom. The molecule has 0 aromatic heterocycles. The normalized spacial score (nSPS) is 16.1. The van der Waals surface area contributed by atoms with Crippen molar-refractivity contribution in [2.24, 2.45) is 5.10 Å². The number of para-hydroxylation sites is 3. The van der Waals surface area contributed by atoms with E-state index in [0.717, 1.165) is 11.3 Å². The van der Waals surface area contributed by atoms with Crippen LogP contribution in [-0.4, -0.2) is 16.7 Å². The molecule has 1 amide bonds. The number of aromatic hydroxyl groups is 1. The first kappa shape index (κ1) is 16.8. The SMILES string of the molecule is O=C(Nc1ccccc1O)C1=NN(c2ccccc2)[C@@H](c2ccccc2)C1. The van der Waals surface area contributed by atoms with Crippen LogP contribution in [0.4, 0.5) is 11.4 Å². The van der Waals surface area contributed by atoms with E-state index >= 15 is 0 Å². The van der Waals surface area contributed by atoms with Crippen LogP contribution in [0.2, 0.25) is 0 Å². The van der Waals surface area contributed by atoms with E-state index in [9.17, 15) is 9.90 Å². The van der Waals surface area contributed by atoms with Crippen molar-refractivity contribution in [2.45, 2.75) is 12.5 Å². The number of carbonyl (C=O) groups is 1. The molecule has 4 rings (SSSR count). The lowest BCUT2D eigenvalue weighted by atomic mass is 10.0. The third-order valence-corrected chi connectivity index (χ3v) is 4.53. The molecule has 3 aromatic rings. The molecule has 1 heterocycles. The molecule has 0 aliphatic carbocycles. The van der Waals surface area contributed by atoms with Crippen molar-refractivity contribution in [3.8, 4) is 5.75 Å². The van der Waals surface area contributed by atoms with E-state index < -0.39 is 0 Å². The van der Waals surface area contributed by atoms with E-state index in [0.29, 0.717) is 17.8 Å². The second-order valence-corrected chi connectivity index (χ2v) is 6.33. The Bertz CT molecular complexity index is 971. The summed E-state index contributed by atoms with van der Waals surface area (Å²) in [5.41, 5.74) is 2.82. The summed E-state index contributed by atoms with van der Waals surface area (Å²) in [7, 11) is 0. The number of phenolic OH excluding ortho intramolecular Hbond substituents is 1. The van der Waals surface area contributed by atoms with Crippen LogP contribution in [0.1, 0.15) is 18.0 Å². The van der Waals surface area contributed by atoms with Crippen LogP contribution in [-0.2, 0) is 4.79 Å². The molecule has 0 saturated heterocycles. The Morgan fingerprint density at radius 2 is 1.56 bits per heavy atom. The molecule has 1 aliphatic rings. The van der Waals surface area contributed by atoms with Gasteiger partial charge in [0.1, 0.15) is 11.5 Å². The lowest BCUT2D eigenvalue weighted by Crippen LogP contribution is -2.22. The summed E-state index contributed by atoms with van der Waals surface area (Å²) >= 11 is 0. The number of anilines is 2.